The summed E-state index contributed by atoms with van der Waals surface area (Å²) >= 11 is 0. The second-order valence-corrected chi connectivity index (χ2v) is 10.2. The lowest BCUT2D eigenvalue weighted by Crippen LogP contribution is -2.17. The smallest absolute Gasteiger partial charge is 0.160 e. The lowest BCUT2D eigenvalue weighted by molar-refractivity contribution is -0.0359. The van der Waals surface area contributed by atoms with Gasteiger partial charge in [0.2, 0.25) is 0 Å². The maximum absolute atomic E-state index is 13.7. The van der Waals surface area contributed by atoms with E-state index >= 15 is 0 Å². The molecule has 1 aliphatic rings. The van der Waals surface area contributed by atoms with Gasteiger partial charge in [0.25, 0.3) is 0 Å². The zero-order chi connectivity index (χ0) is 16.1. The van der Waals surface area contributed by atoms with E-state index in [0.29, 0.717) is 23.3 Å². The lowest BCUT2D eigenvalue weighted by Gasteiger charge is -2.35. The highest BCUT2D eigenvalue weighted by Gasteiger charge is 2.55. The molecule has 21 heavy (non-hydrogen) atoms. The number of hydrogen-bond donors (Lipinski definition) is 0. The van der Waals surface area contributed by atoms with Crippen molar-refractivity contribution in [3.05, 3.63) is 34.2 Å². The maximum atomic E-state index is 13.7. The molecule has 0 saturated heterocycles. The zero-order valence-corrected chi connectivity index (χ0v) is 14.2. The van der Waals surface area contributed by atoms with Crippen LogP contribution < -0.4 is 0 Å². The van der Waals surface area contributed by atoms with E-state index < -0.39 is 14.7 Å². The minimum absolute atomic E-state index is 0.203. The number of hydrogen-bond acceptors (Lipinski definition) is 0. The first kappa shape index (κ1) is 16.8. The maximum Gasteiger partial charge on any atom is 0.445 e. The Morgan fingerprint density at radius 2 is 1.76 bits per heavy atom. The largest absolute Gasteiger partial charge is 0.445 e. The molecule has 1 aliphatic heterocycles. The highest BCUT2D eigenvalue weighted by molar-refractivity contribution is 8.54. The molecule has 1 aromatic rings. The van der Waals surface area contributed by atoms with Crippen LogP contribution in [-0.4, -0.2) is 5.51 Å². The Labute approximate surface area is 130 Å². The van der Waals surface area contributed by atoms with Crippen LogP contribution in [0.1, 0.15) is 51.7 Å². The molecule has 1 heterocycles. The molecule has 2 rings (SSSR count). The number of halogens is 4. The molecular formula is C16H20ClF3S. The van der Waals surface area contributed by atoms with Crippen molar-refractivity contribution in [2.24, 2.45) is 0 Å². The van der Waals surface area contributed by atoms with Gasteiger partial charge < -0.3 is 0 Å². The van der Waals surface area contributed by atoms with Gasteiger partial charge in [-0.15, -0.1) is 0 Å². The summed E-state index contributed by atoms with van der Waals surface area (Å²) in [5.74, 6) is 0. The van der Waals surface area contributed by atoms with E-state index in [9.17, 15) is 13.2 Å². The summed E-state index contributed by atoms with van der Waals surface area (Å²) in [4.78, 5) is 0.591. The molecule has 1 aromatic carbocycles. The molecule has 0 spiro atoms. The van der Waals surface area contributed by atoms with Crippen molar-refractivity contribution in [1.82, 2.24) is 0 Å². The highest BCUT2D eigenvalue weighted by Crippen LogP contribution is 2.80. The van der Waals surface area contributed by atoms with E-state index in [2.05, 4.69) is 0 Å². The second-order valence-electron chi connectivity index (χ2n) is 6.35. The molecule has 1 unspecified atom stereocenters. The van der Waals surface area contributed by atoms with Crippen LogP contribution in [0.4, 0.5) is 13.2 Å². The molecule has 0 aromatic heterocycles. The minimum atomic E-state index is -4.42. The van der Waals surface area contributed by atoms with Gasteiger partial charge in [-0.2, -0.15) is 13.2 Å². The Hall–Kier alpha value is -0.610. The molecule has 0 N–H and O–H groups in total. The summed E-state index contributed by atoms with van der Waals surface area (Å²) in [5, 5.41) is 0. The molecule has 0 radical (unpaired) electrons. The number of allylic oxidation sites excluding steroid dienone is 1. The van der Waals surface area contributed by atoms with E-state index in [0.717, 1.165) is 5.56 Å². The van der Waals surface area contributed by atoms with Gasteiger partial charge in [-0.1, -0.05) is 46.2 Å². The highest BCUT2D eigenvalue weighted by atomic mass is 35.7. The van der Waals surface area contributed by atoms with E-state index in [1.54, 1.807) is 18.2 Å². The third kappa shape index (κ3) is 2.72. The van der Waals surface area contributed by atoms with Gasteiger partial charge in [-0.25, -0.2) is 0 Å². The Morgan fingerprint density at radius 3 is 2.24 bits per heavy atom. The topological polar surface area (TPSA) is 0 Å². The van der Waals surface area contributed by atoms with E-state index in [1.807, 2.05) is 33.8 Å². The summed E-state index contributed by atoms with van der Waals surface area (Å²) in [6, 6.07) is 5.33. The monoisotopic (exact) mass is 336 g/mol. The molecule has 0 fully saturated rings. The second kappa shape index (κ2) is 5.24. The fourth-order valence-corrected chi connectivity index (χ4v) is 5.60. The average molecular weight is 337 g/mol. The Morgan fingerprint density at radius 1 is 1.14 bits per heavy atom. The van der Waals surface area contributed by atoms with Crippen LogP contribution in [0.3, 0.4) is 0 Å². The van der Waals surface area contributed by atoms with Crippen molar-refractivity contribution >= 4 is 26.0 Å². The van der Waals surface area contributed by atoms with Crippen LogP contribution in [0.25, 0.3) is 6.08 Å². The number of benzene rings is 1. The molecule has 5 heteroatoms. The lowest BCUT2D eigenvalue weighted by atomic mass is 9.86. The summed E-state index contributed by atoms with van der Waals surface area (Å²) in [5.41, 5.74) is -3.12. The molecular weight excluding hydrogens is 317 g/mol. The van der Waals surface area contributed by atoms with Gasteiger partial charge in [0, 0.05) is 4.90 Å². The van der Waals surface area contributed by atoms with Crippen molar-refractivity contribution in [3.63, 3.8) is 0 Å². The van der Waals surface area contributed by atoms with Crippen LogP contribution >= 0.6 is 19.9 Å². The molecule has 118 valence electrons. The molecule has 0 amide bonds. The quantitative estimate of drug-likeness (QED) is 0.546. The van der Waals surface area contributed by atoms with Crippen LogP contribution in [0.5, 0.6) is 0 Å². The van der Waals surface area contributed by atoms with Crippen LogP contribution in [-0.2, 0) is 5.41 Å². The molecule has 0 bridgehead atoms. The van der Waals surface area contributed by atoms with E-state index in [4.69, 9.17) is 10.7 Å². The summed E-state index contributed by atoms with van der Waals surface area (Å²) in [7, 11) is 2.80. The first-order valence-electron chi connectivity index (χ1n) is 6.96. The van der Waals surface area contributed by atoms with Crippen LogP contribution in [0.15, 0.2) is 28.0 Å². The Balaban J connectivity index is 2.63. The van der Waals surface area contributed by atoms with Gasteiger partial charge in [0.1, 0.15) is 0 Å². The minimum Gasteiger partial charge on any atom is -0.160 e. The summed E-state index contributed by atoms with van der Waals surface area (Å²) in [6.45, 7) is 7.84. The standard InChI is InChI=1S/C16H20ClF3S/c1-5-6-13-9-11-7-8-12(15(2,3)4)10-14(11)21(13,17)16(18,19)20/h7-10H,5-6H2,1-4H3. The fraction of sp³-hybridized carbons (Fsp3) is 0.500. The van der Waals surface area contributed by atoms with Crippen molar-refractivity contribution in [1.29, 1.82) is 0 Å². The number of fused-ring (bicyclic) bond motifs is 1. The van der Waals surface area contributed by atoms with Gasteiger partial charge in [-0.05, 0) is 59.9 Å². The number of alkyl halides is 3. The average Bonchev–Trinajstić information content (AvgIpc) is 2.62. The van der Waals surface area contributed by atoms with Crippen molar-refractivity contribution < 1.29 is 13.2 Å². The first-order chi connectivity index (χ1) is 9.51. The normalized spacial score (nSPS) is 25.2. The first-order valence-corrected chi connectivity index (χ1v) is 9.42. The zero-order valence-electron chi connectivity index (χ0n) is 12.6. The van der Waals surface area contributed by atoms with Crippen LogP contribution in [0.2, 0.25) is 0 Å². The van der Waals surface area contributed by atoms with E-state index in [-0.39, 0.29) is 10.3 Å². The number of rotatable bonds is 2. The van der Waals surface area contributed by atoms with Gasteiger partial charge in [-0.3, -0.25) is 0 Å². The Kier molecular flexibility index (Phi) is 4.18. The van der Waals surface area contributed by atoms with Gasteiger partial charge >= 0.3 is 5.51 Å². The van der Waals surface area contributed by atoms with Gasteiger partial charge in [0.15, 0.2) is 0 Å². The molecule has 1 atom stereocenters. The summed E-state index contributed by atoms with van der Waals surface area (Å²) in [6.07, 6.45) is 2.68. The predicted octanol–water partition coefficient (Wildman–Crippen LogP) is 6.98. The van der Waals surface area contributed by atoms with Crippen molar-refractivity contribution in [2.45, 2.75) is 56.4 Å². The van der Waals surface area contributed by atoms with Crippen LogP contribution in [0, 0.1) is 0 Å². The van der Waals surface area contributed by atoms with Crippen molar-refractivity contribution in [3.8, 4) is 0 Å². The SMILES string of the molecule is CCCC1=Cc2ccc(C(C)(C)C)cc2S1(Cl)C(F)(F)F. The molecule has 0 nitrogen and oxygen atoms in total. The van der Waals surface area contributed by atoms with Gasteiger partial charge in [0.05, 0.1) is 0 Å². The fourth-order valence-electron chi connectivity index (χ4n) is 2.49. The molecule has 0 saturated carbocycles. The molecule has 0 aliphatic carbocycles. The summed E-state index contributed by atoms with van der Waals surface area (Å²) < 4.78 is 41.1. The van der Waals surface area contributed by atoms with Crippen molar-refractivity contribution in [2.75, 3.05) is 0 Å². The predicted molar refractivity (Wildman–Crippen MR) is 85.8 cm³/mol. The Bertz CT molecular complexity index is 584. The third-order valence-electron chi connectivity index (χ3n) is 3.68. The third-order valence-corrected chi connectivity index (χ3v) is 7.94. The van der Waals surface area contributed by atoms with E-state index in [1.165, 1.54) is 0 Å².